The molecule has 0 rings (SSSR count). The van der Waals surface area contributed by atoms with Gasteiger partial charge in [-0.25, -0.2) is 0 Å². The molecule has 3 heteroatoms. The lowest BCUT2D eigenvalue weighted by Gasteiger charge is -2.23. The van der Waals surface area contributed by atoms with E-state index in [1.54, 1.807) is 19.0 Å². The molecule has 0 unspecified atom stereocenters. The van der Waals surface area contributed by atoms with Gasteiger partial charge in [-0.05, 0) is 11.8 Å². The lowest BCUT2D eigenvalue weighted by atomic mass is 9.90. The molecule has 0 aromatic rings. The smallest absolute Gasteiger partial charge is 0.236 e. The Labute approximate surface area is 81.5 Å². The zero-order valence-corrected chi connectivity index (χ0v) is 9.48. The van der Waals surface area contributed by atoms with Crippen molar-refractivity contribution in [3.63, 3.8) is 0 Å². The van der Waals surface area contributed by atoms with E-state index in [0.29, 0.717) is 6.54 Å². The fourth-order valence-electron chi connectivity index (χ4n) is 0.791. The van der Waals surface area contributed by atoms with Crippen molar-refractivity contribution >= 4 is 5.91 Å². The SMILES string of the molecule is CCC(C)(C)CNCC(=O)N(C)C. The third-order valence-electron chi connectivity index (χ3n) is 2.34. The molecule has 0 saturated heterocycles. The average molecular weight is 186 g/mol. The minimum absolute atomic E-state index is 0.131. The fourth-order valence-corrected chi connectivity index (χ4v) is 0.791. The molecule has 0 aliphatic rings. The minimum atomic E-state index is 0.131. The molecular weight excluding hydrogens is 164 g/mol. The number of carbonyl (C=O) groups is 1. The summed E-state index contributed by atoms with van der Waals surface area (Å²) in [4.78, 5) is 12.8. The third-order valence-corrected chi connectivity index (χ3v) is 2.34. The minimum Gasteiger partial charge on any atom is -0.348 e. The summed E-state index contributed by atoms with van der Waals surface area (Å²) in [6.45, 7) is 7.88. The summed E-state index contributed by atoms with van der Waals surface area (Å²) in [6.07, 6.45) is 1.12. The predicted octanol–water partition coefficient (Wildman–Crippen LogP) is 1.10. The van der Waals surface area contributed by atoms with Crippen LogP contribution < -0.4 is 5.32 Å². The zero-order valence-electron chi connectivity index (χ0n) is 9.48. The van der Waals surface area contributed by atoms with Gasteiger partial charge in [-0.3, -0.25) is 4.79 Å². The molecule has 3 nitrogen and oxygen atoms in total. The molecule has 0 aromatic heterocycles. The van der Waals surface area contributed by atoms with Gasteiger partial charge in [0.05, 0.1) is 6.54 Å². The van der Waals surface area contributed by atoms with Gasteiger partial charge in [-0.15, -0.1) is 0 Å². The van der Waals surface area contributed by atoms with Crippen molar-refractivity contribution in [1.82, 2.24) is 10.2 Å². The largest absolute Gasteiger partial charge is 0.348 e. The molecule has 0 saturated carbocycles. The van der Waals surface area contributed by atoms with Crippen molar-refractivity contribution < 1.29 is 4.79 Å². The Balaban J connectivity index is 3.62. The highest BCUT2D eigenvalue weighted by Gasteiger charge is 2.14. The number of hydrogen-bond acceptors (Lipinski definition) is 2. The number of hydrogen-bond donors (Lipinski definition) is 1. The maximum Gasteiger partial charge on any atom is 0.236 e. The van der Waals surface area contributed by atoms with Crippen molar-refractivity contribution in [3.8, 4) is 0 Å². The predicted molar refractivity (Wildman–Crippen MR) is 55.6 cm³/mol. The third kappa shape index (κ3) is 5.64. The van der Waals surface area contributed by atoms with Crippen LogP contribution in [0.15, 0.2) is 0 Å². The van der Waals surface area contributed by atoms with Crippen LogP contribution in [0.5, 0.6) is 0 Å². The molecule has 0 radical (unpaired) electrons. The van der Waals surface area contributed by atoms with Crippen LogP contribution in [0.1, 0.15) is 27.2 Å². The Hall–Kier alpha value is -0.570. The summed E-state index contributed by atoms with van der Waals surface area (Å²) in [7, 11) is 3.55. The maximum absolute atomic E-state index is 11.2. The Kier molecular flexibility index (Phi) is 4.99. The molecule has 13 heavy (non-hydrogen) atoms. The summed E-state index contributed by atoms with van der Waals surface area (Å²) >= 11 is 0. The van der Waals surface area contributed by atoms with E-state index in [0.717, 1.165) is 13.0 Å². The van der Waals surface area contributed by atoms with E-state index in [-0.39, 0.29) is 11.3 Å². The lowest BCUT2D eigenvalue weighted by Crippen LogP contribution is -2.37. The Morgan fingerprint density at radius 2 is 1.92 bits per heavy atom. The van der Waals surface area contributed by atoms with Gasteiger partial charge < -0.3 is 10.2 Å². The van der Waals surface area contributed by atoms with Gasteiger partial charge in [-0.1, -0.05) is 20.8 Å². The fraction of sp³-hybridized carbons (Fsp3) is 0.900. The molecule has 0 aliphatic carbocycles. The Bertz CT molecular complexity index is 164. The quantitative estimate of drug-likeness (QED) is 0.697. The number of likely N-dealkylation sites (N-methyl/N-ethyl adjacent to an activating group) is 1. The molecule has 0 heterocycles. The van der Waals surface area contributed by atoms with E-state index < -0.39 is 0 Å². The molecule has 1 amide bonds. The normalized spacial score (nSPS) is 11.5. The summed E-state index contributed by atoms with van der Waals surface area (Å²) in [5, 5.41) is 3.17. The Morgan fingerprint density at radius 1 is 1.38 bits per heavy atom. The average Bonchev–Trinajstić information content (AvgIpc) is 2.04. The van der Waals surface area contributed by atoms with Gasteiger partial charge in [0.25, 0.3) is 0 Å². The van der Waals surface area contributed by atoms with Crippen LogP contribution >= 0.6 is 0 Å². The van der Waals surface area contributed by atoms with Crippen LogP contribution in [0, 0.1) is 5.41 Å². The summed E-state index contributed by atoms with van der Waals surface area (Å²) in [5.41, 5.74) is 0.284. The van der Waals surface area contributed by atoms with Gasteiger partial charge >= 0.3 is 0 Å². The monoisotopic (exact) mass is 186 g/mol. The highest BCUT2D eigenvalue weighted by atomic mass is 16.2. The molecule has 0 spiro atoms. The molecule has 0 atom stereocenters. The van der Waals surface area contributed by atoms with Gasteiger partial charge in [0.1, 0.15) is 0 Å². The summed E-state index contributed by atoms with van der Waals surface area (Å²) in [6, 6.07) is 0. The van der Waals surface area contributed by atoms with Gasteiger partial charge in [0.15, 0.2) is 0 Å². The first-order valence-corrected chi connectivity index (χ1v) is 4.80. The first kappa shape index (κ1) is 12.4. The van der Waals surface area contributed by atoms with Crippen LogP contribution in [0.4, 0.5) is 0 Å². The number of nitrogens with one attached hydrogen (secondary N) is 1. The first-order chi connectivity index (χ1) is 5.89. The van der Waals surface area contributed by atoms with Crippen LogP contribution in [-0.4, -0.2) is 38.0 Å². The van der Waals surface area contributed by atoms with Gasteiger partial charge in [0.2, 0.25) is 5.91 Å². The summed E-state index contributed by atoms with van der Waals surface area (Å²) in [5.74, 6) is 0.131. The Morgan fingerprint density at radius 3 is 2.31 bits per heavy atom. The molecule has 0 aromatic carbocycles. The molecule has 0 aliphatic heterocycles. The number of rotatable bonds is 5. The standard InChI is InChI=1S/C10H22N2O/c1-6-10(2,3)8-11-7-9(13)12(4)5/h11H,6-8H2,1-5H3. The van der Waals surface area contributed by atoms with E-state index in [2.05, 4.69) is 26.1 Å². The second-order valence-corrected chi connectivity index (χ2v) is 4.41. The molecule has 78 valence electrons. The van der Waals surface area contributed by atoms with Crippen molar-refractivity contribution in [2.24, 2.45) is 5.41 Å². The van der Waals surface area contributed by atoms with Crippen molar-refractivity contribution in [2.45, 2.75) is 27.2 Å². The van der Waals surface area contributed by atoms with Gasteiger partial charge in [0, 0.05) is 20.6 Å². The van der Waals surface area contributed by atoms with E-state index in [1.165, 1.54) is 0 Å². The topological polar surface area (TPSA) is 32.3 Å². The number of amides is 1. The van der Waals surface area contributed by atoms with E-state index >= 15 is 0 Å². The maximum atomic E-state index is 11.2. The second-order valence-electron chi connectivity index (χ2n) is 4.41. The number of carbonyl (C=O) groups excluding carboxylic acids is 1. The first-order valence-electron chi connectivity index (χ1n) is 4.80. The highest BCUT2D eigenvalue weighted by molar-refractivity contribution is 5.77. The van der Waals surface area contributed by atoms with Crippen molar-refractivity contribution in [1.29, 1.82) is 0 Å². The van der Waals surface area contributed by atoms with Crippen LogP contribution in [0.2, 0.25) is 0 Å². The molecular formula is C10H22N2O. The zero-order chi connectivity index (χ0) is 10.5. The summed E-state index contributed by atoms with van der Waals surface area (Å²) < 4.78 is 0. The van der Waals surface area contributed by atoms with E-state index in [1.807, 2.05) is 0 Å². The van der Waals surface area contributed by atoms with Gasteiger partial charge in [-0.2, -0.15) is 0 Å². The van der Waals surface area contributed by atoms with Crippen molar-refractivity contribution in [2.75, 3.05) is 27.2 Å². The van der Waals surface area contributed by atoms with E-state index in [4.69, 9.17) is 0 Å². The van der Waals surface area contributed by atoms with Crippen LogP contribution in [-0.2, 0) is 4.79 Å². The number of nitrogens with zero attached hydrogens (tertiary/aromatic N) is 1. The lowest BCUT2D eigenvalue weighted by molar-refractivity contribution is -0.127. The van der Waals surface area contributed by atoms with Crippen LogP contribution in [0.25, 0.3) is 0 Å². The van der Waals surface area contributed by atoms with E-state index in [9.17, 15) is 4.79 Å². The van der Waals surface area contributed by atoms with Crippen molar-refractivity contribution in [3.05, 3.63) is 0 Å². The second kappa shape index (κ2) is 5.22. The molecule has 0 fully saturated rings. The van der Waals surface area contributed by atoms with Crippen LogP contribution in [0.3, 0.4) is 0 Å². The molecule has 1 N–H and O–H groups in total. The highest BCUT2D eigenvalue weighted by Crippen LogP contribution is 2.17. The molecule has 0 bridgehead atoms.